The summed E-state index contributed by atoms with van der Waals surface area (Å²) in [4.78, 5) is 15.4. The van der Waals surface area contributed by atoms with Crippen LogP contribution in [0.25, 0.3) is 0 Å². The molecule has 1 aromatic heterocycles. The molecule has 1 N–H and O–H groups in total. The molecule has 0 fully saturated rings. The Balaban J connectivity index is 2.79. The molecule has 0 spiro atoms. The van der Waals surface area contributed by atoms with E-state index in [1.54, 1.807) is 25.3 Å². The molecule has 5 heteroatoms. The topological polar surface area (TPSA) is 75.0 Å². The van der Waals surface area contributed by atoms with Gasteiger partial charge in [-0.15, -0.1) is 0 Å². The van der Waals surface area contributed by atoms with Gasteiger partial charge in [-0.3, -0.25) is 0 Å². The van der Waals surface area contributed by atoms with Crippen LogP contribution >= 0.6 is 0 Å². The van der Waals surface area contributed by atoms with Crippen LogP contribution < -0.4 is 5.32 Å². The summed E-state index contributed by atoms with van der Waals surface area (Å²) in [7, 11) is 0. The van der Waals surface area contributed by atoms with Crippen LogP contribution in [0.4, 0.5) is 5.82 Å². The van der Waals surface area contributed by atoms with Gasteiger partial charge in [-0.2, -0.15) is 5.26 Å². The number of carbonyl (C=O) groups excluding carboxylic acids is 1. The van der Waals surface area contributed by atoms with Gasteiger partial charge < -0.3 is 10.1 Å². The third kappa shape index (κ3) is 3.61. The highest BCUT2D eigenvalue weighted by atomic mass is 16.5. The molecular formula is C12H13N3O2. The van der Waals surface area contributed by atoms with Crippen LogP contribution in [-0.2, 0) is 9.53 Å². The number of aryl methyl sites for hydroxylation is 1. The Bertz CT molecular complexity index is 475. The molecule has 1 heterocycles. The van der Waals surface area contributed by atoms with Gasteiger partial charge in [0.05, 0.1) is 6.61 Å². The summed E-state index contributed by atoms with van der Waals surface area (Å²) >= 11 is 0. The number of pyridine rings is 1. The molecular weight excluding hydrogens is 218 g/mol. The predicted molar refractivity (Wildman–Crippen MR) is 62.9 cm³/mol. The minimum absolute atomic E-state index is 0.0862. The number of esters is 1. The fraction of sp³-hybridized carbons (Fsp3) is 0.250. The van der Waals surface area contributed by atoms with Gasteiger partial charge in [-0.25, -0.2) is 9.78 Å². The highest BCUT2D eigenvalue weighted by molar-refractivity contribution is 5.93. The summed E-state index contributed by atoms with van der Waals surface area (Å²) in [5.41, 5.74) is 0.835. The minimum atomic E-state index is -0.643. The van der Waals surface area contributed by atoms with Crippen molar-refractivity contribution in [2.45, 2.75) is 13.8 Å². The summed E-state index contributed by atoms with van der Waals surface area (Å²) in [6, 6.07) is 5.45. The first-order chi connectivity index (χ1) is 8.19. The first kappa shape index (κ1) is 12.7. The zero-order valence-electron chi connectivity index (χ0n) is 9.73. The molecule has 0 aliphatic heterocycles. The molecule has 5 nitrogen and oxygen atoms in total. The molecule has 1 aromatic rings. The Labute approximate surface area is 99.7 Å². The molecule has 17 heavy (non-hydrogen) atoms. The second kappa shape index (κ2) is 6.28. The number of nitriles is 1. The van der Waals surface area contributed by atoms with E-state index in [2.05, 4.69) is 10.3 Å². The van der Waals surface area contributed by atoms with Crippen molar-refractivity contribution in [2.24, 2.45) is 0 Å². The smallest absolute Gasteiger partial charge is 0.350 e. The van der Waals surface area contributed by atoms with Crippen LogP contribution in [0.2, 0.25) is 0 Å². The Morgan fingerprint density at radius 3 is 3.06 bits per heavy atom. The number of hydrogen-bond acceptors (Lipinski definition) is 5. The number of nitrogens with zero attached hydrogens (tertiary/aromatic N) is 2. The van der Waals surface area contributed by atoms with Crippen molar-refractivity contribution in [2.75, 3.05) is 11.9 Å². The molecule has 0 aliphatic carbocycles. The number of anilines is 1. The third-order valence-electron chi connectivity index (χ3n) is 1.98. The van der Waals surface area contributed by atoms with Crippen molar-refractivity contribution in [1.29, 1.82) is 5.26 Å². The first-order valence-electron chi connectivity index (χ1n) is 5.14. The fourth-order valence-electron chi connectivity index (χ4n) is 1.12. The molecule has 0 bridgehead atoms. The van der Waals surface area contributed by atoms with Crippen molar-refractivity contribution >= 4 is 11.8 Å². The zero-order valence-corrected chi connectivity index (χ0v) is 9.73. The summed E-state index contributed by atoms with van der Waals surface area (Å²) in [5, 5.41) is 11.6. The van der Waals surface area contributed by atoms with Gasteiger partial charge in [0.1, 0.15) is 11.9 Å². The van der Waals surface area contributed by atoms with E-state index in [-0.39, 0.29) is 12.2 Å². The van der Waals surface area contributed by atoms with E-state index in [9.17, 15) is 4.79 Å². The molecule has 0 unspecified atom stereocenters. The average molecular weight is 231 g/mol. The molecule has 88 valence electrons. The van der Waals surface area contributed by atoms with Crippen molar-refractivity contribution in [3.8, 4) is 6.07 Å². The molecule has 0 saturated carbocycles. The molecule has 0 aliphatic rings. The van der Waals surface area contributed by atoms with E-state index in [1.165, 1.54) is 6.20 Å². The summed E-state index contributed by atoms with van der Waals surface area (Å²) < 4.78 is 4.72. The zero-order chi connectivity index (χ0) is 12.7. The van der Waals surface area contributed by atoms with Crippen LogP contribution in [0.15, 0.2) is 30.1 Å². The third-order valence-corrected chi connectivity index (χ3v) is 1.98. The molecule has 1 rings (SSSR count). The lowest BCUT2D eigenvalue weighted by Gasteiger charge is -2.04. The molecule has 0 saturated heterocycles. The highest BCUT2D eigenvalue weighted by Gasteiger charge is 2.09. The van der Waals surface area contributed by atoms with Gasteiger partial charge in [0.15, 0.2) is 5.57 Å². The number of carbonyl (C=O) groups is 1. The van der Waals surface area contributed by atoms with Gasteiger partial charge >= 0.3 is 5.97 Å². The van der Waals surface area contributed by atoms with E-state index < -0.39 is 5.97 Å². The minimum Gasteiger partial charge on any atom is -0.462 e. The summed E-state index contributed by atoms with van der Waals surface area (Å²) in [5.74, 6) is -0.0411. The largest absolute Gasteiger partial charge is 0.462 e. The number of hydrogen-bond donors (Lipinski definition) is 1. The standard InChI is InChI=1S/C12H13N3O2/c1-3-17-12(16)10(7-13)8-15-11-9(2)5-4-6-14-11/h4-6,8H,3H2,1-2H3,(H,14,15)/b10-8-. The predicted octanol–water partition coefficient (Wildman–Crippen LogP) is 1.77. The van der Waals surface area contributed by atoms with Crippen molar-refractivity contribution in [3.05, 3.63) is 35.7 Å². The van der Waals surface area contributed by atoms with Gasteiger partial charge in [-0.05, 0) is 25.5 Å². The summed E-state index contributed by atoms with van der Waals surface area (Å²) in [6.45, 7) is 3.79. The van der Waals surface area contributed by atoms with Crippen molar-refractivity contribution in [1.82, 2.24) is 4.98 Å². The Hall–Kier alpha value is -2.35. The Morgan fingerprint density at radius 2 is 2.47 bits per heavy atom. The van der Waals surface area contributed by atoms with Crippen molar-refractivity contribution in [3.63, 3.8) is 0 Å². The first-order valence-corrected chi connectivity index (χ1v) is 5.14. The van der Waals surface area contributed by atoms with Crippen LogP contribution in [-0.4, -0.2) is 17.6 Å². The maximum absolute atomic E-state index is 11.3. The quantitative estimate of drug-likeness (QED) is 0.485. The maximum Gasteiger partial charge on any atom is 0.350 e. The van der Waals surface area contributed by atoms with E-state index in [0.29, 0.717) is 5.82 Å². The number of rotatable bonds is 4. The lowest BCUT2D eigenvalue weighted by Crippen LogP contribution is -2.08. The SMILES string of the molecule is CCOC(=O)/C(C#N)=C\Nc1ncccc1C. The number of nitrogens with one attached hydrogen (secondary N) is 1. The number of aromatic nitrogens is 1. The van der Waals surface area contributed by atoms with E-state index in [0.717, 1.165) is 5.56 Å². The lowest BCUT2D eigenvalue weighted by molar-refractivity contribution is -0.138. The van der Waals surface area contributed by atoms with Crippen LogP contribution in [0.1, 0.15) is 12.5 Å². The Kier molecular flexibility index (Phi) is 4.70. The average Bonchev–Trinajstić information content (AvgIpc) is 2.32. The highest BCUT2D eigenvalue weighted by Crippen LogP contribution is 2.09. The van der Waals surface area contributed by atoms with E-state index in [4.69, 9.17) is 10.00 Å². The van der Waals surface area contributed by atoms with Crippen LogP contribution in [0.3, 0.4) is 0 Å². The van der Waals surface area contributed by atoms with Crippen molar-refractivity contribution < 1.29 is 9.53 Å². The second-order valence-electron chi connectivity index (χ2n) is 3.20. The van der Waals surface area contributed by atoms with Gasteiger partial charge in [0, 0.05) is 12.4 Å². The monoisotopic (exact) mass is 231 g/mol. The second-order valence-corrected chi connectivity index (χ2v) is 3.20. The van der Waals surface area contributed by atoms with E-state index in [1.807, 2.05) is 13.0 Å². The Morgan fingerprint density at radius 1 is 1.71 bits per heavy atom. The molecule has 0 atom stereocenters. The van der Waals surface area contributed by atoms with E-state index >= 15 is 0 Å². The van der Waals surface area contributed by atoms with Gasteiger partial charge in [0.25, 0.3) is 0 Å². The van der Waals surface area contributed by atoms with Gasteiger partial charge in [-0.1, -0.05) is 6.07 Å². The van der Waals surface area contributed by atoms with Crippen LogP contribution in [0, 0.1) is 18.3 Å². The normalized spacial score (nSPS) is 10.5. The molecule has 0 amide bonds. The lowest BCUT2D eigenvalue weighted by atomic mass is 10.3. The fourth-order valence-corrected chi connectivity index (χ4v) is 1.12. The summed E-state index contributed by atoms with van der Waals surface area (Å²) in [6.07, 6.45) is 2.92. The molecule has 0 aromatic carbocycles. The van der Waals surface area contributed by atoms with Gasteiger partial charge in [0.2, 0.25) is 0 Å². The maximum atomic E-state index is 11.3. The van der Waals surface area contributed by atoms with Crippen LogP contribution in [0.5, 0.6) is 0 Å². The molecule has 0 radical (unpaired) electrons. The number of ether oxygens (including phenoxy) is 1.